The number of hydrogen-bond donors (Lipinski definition) is 1. The molecule has 0 spiro atoms. The van der Waals surface area contributed by atoms with Gasteiger partial charge in [-0.25, -0.2) is 4.57 Å². The van der Waals surface area contributed by atoms with Gasteiger partial charge in [0.2, 0.25) is 0 Å². The highest BCUT2D eigenvalue weighted by atomic mass is 31.2. The summed E-state index contributed by atoms with van der Waals surface area (Å²) in [6.07, 6.45) is 54.1. The number of phosphoric acid groups is 1. The molecule has 0 rings (SSSR count). The van der Waals surface area contributed by atoms with Crippen molar-refractivity contribution in [1.82, 2.24) is 0 Å². The topological polar surface area (TPSA) is 108 Å². The van der Waals surface area contributed by atoms with Crippen LogP contribution in [0.1, 0.15) is 206 Å². The molecule has 0 aromatic heterocycles. The first-order valence-corrected chi connectivity index (χ1v) is 26.5. The summed E-state index contributed by atoms with van der Waals surface area (Å²) in [4.78, 5) is 35.5. The zero-order valence-corrected chi connectivity index (χ0v) is 41.5. The van der Waals surface area contributed by atoms with Crippen LogP contribution < -0.4 is 0 Å². The molecule has 0 saturated carbocycles. The van der Waals surface area contributed by atoms with E-state index < -0.39 is 26.5 Å². The largest absolute Gasteiger partial charge is 0.472 e. The SMILES string of the molecule is CC/C=C\C/C=C\C/C=C\C/C=C\CCCCCCCCC(=O)OC(COC(=O)CCCCCCCCCCC/C=C\CCCCCCCC)COP(=O)(O)OCC[N+](C)(C)C. The summed E-state index contributed by atoms with van der Waals surface area (Å²) < 4.78 is 34.4. The molecule has 0 radical (unpaired) electrons. The van der Waals surface area contributed by atoms with Crippen LogP contribution in [-0.2, 0) is 32.7 Å². The molecule has 0 aliphatic carbocycles. The number of esters is 2. The fourth-order valence-corrected chi connectivity index (χ4v) is 7.39. The number of quaternary nitrogens is 1. The van der Waals surface area contributed by atoms with Gasteiger partial charge in [-0.3, -0.25) is 18.6 Å². The second kappa shape index (κ2) is 43.9. The fourth-order valence-electron chi connectivity index (χ4n) is 6.65. The molecule has 0 fully saturated rings. The maximum atomic E-state index is 12.7. The Morgan fingerprint density at radius 1 is 0.516 bits per heavy atom. The smallest absolute Gasteiger partial charge is 0.462 e. The van der Waals surface area contributed by atoms with Crippen molar-refractivity contribution in [3.63, 3.8) is 0 Å². The Hall–Kier alpha value is -2.29. The summed E-state index contributed by atoms with van der Waals surface area (Å²) in [6.45, 7) is 4.30. The minimum absolute atomic E-state index is 0.0262. The molecule has 0 aliphatic heterocycles. The molecule has 1 N–H and O–H groups in total. The van der Waals surface area contributed by atoms with Crippen LogP contribution in [0.3, 0.4) is 0 Å². The third-order valence-electron chi connectivity index (χ3n) is 10.5. The molecule has 0 aromatic rings. The lowest BCUT2D eigenvalue weighted by molar-refractivity contribution is -0.870. The molecule has 0 saturated heterocycles. The quantitative estimate of drug-likeness (QED) is 0.0212. The van der Waals surface area contributed by atoms with Gasteiger partial charge in [-0.2, -0.15) is 0 Å². The number of unbranched alkanes of at least 4 members (excludes halogenated alkanes) is 21. The van der Waals surface area contributed by atoms with Crippen LogP contribution in [0.25, 0.3) is 0 Å². The summed E-state index contributed by atoms with van der Waals surface area (Å²) in [5, 5.41) is 0. The van der Waals surface area contributed by atoms with Crippen molar-refractivity contribution in [3.05, 3.63) is 60.8 Å². The van der Waals surface area contributed by atoms with Crippen LogP contribution in [0.4, 0.5) is 0 Å². The van der Waals surface area contributed by atoms with Gasteiger partial charge in [-0.15, -0.1) is 0 Å². The molecule has 2 unspecified atom stereocenters. The van der Waals surface area contributed by atoms with Gasteiger partial charge < -0.3 is 18.9 Å². The third-order valence-corrected chi connectivity index (χ3v) is 11.5. The van der Waals surface area contributed by atoms with Crippen molar-refractivity contribution in [2.75, 3.05) is 47.5 Å². The Morgan fingerprint density at radius 3 is 1.39 bits per heavy atom. The first kappa shape index (κ1) is 59.7. The van der Waals surface area contributed by atoms with Gasteiger partial charge in [-0.1, -0.05) is 177 Å². The molecule has 62 heavy (non-hydrogen) atoms. The number of allylic oxidation sites excluding steroid dienone is 10. The van der Waals surface area contributed by atoms with E-state index in [1.165, 1.54) is 89.9 Å². The Balaban J connectivity index is 4.30. The summed E-state index contributed by atoms with van der Waals surface area (Å²) in [5.74, 6) is -0.816. The molecule has 0 heterocycles. The van der Waals surface area contributed by atoms with Crippen molar-refractivity contribution < 1.29 is 42.1 Å². The van der Waals surface area contributed by atoms with Crippen molar-refractivity contribution in [2.24, 2.45) is 0 Å². The second-order valence-electron chi connectivity index (χ2n) is 17.8. The molecular weight excluding hydrogens is 798 g/mol. The molecule has 360 valence electrons. The number of hydrogen-bond acceptors (Lipinski definition) is 7. The standard InChI is InChI=1S/C52H94NO8P/c1-6-8-10-12-14-16-18-20-22-24-26-28-30-32-34-36-38-40-42-44-51(54)58-48-50(49-60-62(56,57)59-47-46-53(3,4)5)61-52(55)45-43-41-39-37-35-33-31-29-27-25-23-21-19-17-15-13-11-9-7-2/h9,11,15,17,20-23,27,29,50H,6-8,10,12-14,16,18-19,24-26,28,30-49H2,1-5H3/p+1/b11-9-,17-15-,22-20-,23-21-,29-27-. The third kappa shape index (κ3) is 47.2. The summed E-state index contributed by atoms with van der Waals surface area (Å²) >= 11 is 0. The number of rotatable bonds is 45. The van der Waals surface area contributed by atoms with E-state index in [1.54, 1.807) is 0 Å². The van der Waals surface area contributed by atoms with Crippen LogP contribution in [0, 0.1) is 0 Å². The lowest BCUT2D eigenvalue weighted by Gasteiger charge is -2.24. The maximum absolute atomic E-state index is 12.7. The zero-order valence-electron chi connectivity index (χ0n) is 40.6. The van der Waals surface area contributed by atoms with E-state index in [0.717, 1.165) is 83.5 Å². The summed E-state index contributed by atoms with van der Waals surface area (Å²) in [6, 6.07) is 0. The maximum Gasteiger partial charge on any atom is 0.472 e. The van der Waals surface area contributed by atoms with E-state index in [4.69, 9.17) is 18.5 Å². The average molecular weight is 893 g/mol. The average Bonchev–Trinajstić information content (AvgIpc) is 3.23. The van der Waals surface area contributed by atoms with E-state index in [0.29, 0.717) is 17.4 Å². The zero-order chi connectivity index (χ0) is 45.7. The van der Waals surface area contributed by atoms with Gasteiger partial charge in [0.1, 0.15) is 19.8 Å². The molecule has 9 nitrogen and oxygen atoms in total. The highest BCUT2D eigenvalue weighted by molar-refractivity contribution is 7.47. The van der Waals surface area contributed by atoms with Gasteiger partial charge in [-0.05, 0) is 77.0 Å². The molecule has 0 bridgehead atoms. The highest BCUT2D eigenvalue weighted by Crippen LogP contribution is 2.43. The van der Waals surface area contributed by atoms with Crippen molar-refractivity contribution >= 4 is 19.8 Å². The highest BCUT2D eigenvalue weighted by Gasteiger charge is 2.27. The van der Waals surface area contributed by atoms with Gasteiger partial charge in [0, 0.05) is 12.8 Å². The number of likely N-dealkylation sites (N-methyl/N-ethyl adjacent to an activating group) is 1. The van der Waals surface area contributed by atoms with Gasteiger partial charge in [0.05, 0.1) is 27.7 Å². The monoisotopic (exact) mass is 893 g/mol. The van der Waals surface area contributed by atoms with E-state index in [-0.39, 0.29) is 32.0 Å². The molecule has 10 heteroatoms. The molecule has 0 aliphatic rings. The van der Waals surface area contributed by atoms with Crippen LogP contribution in [0.2, 0.25) is 0 Å². The Bertz CT molecular complexity index is 1240. The van der Waals surface area contributed by atoms with Crippen LogP contribution in [-0.4, -0.2) is 74.9 Å². The van der Waals surface area contributed by atoms with E-state index in [9.17, 15) is 19.0 Å². The molecule has 0 amide bonds. The number of nitrogens with zero attached hydrogens (tertiary/aromatic N) is 1. The number of carbonyl (C=O) groups excluding carboxylic acids is 2. The van der Waals surface area contributed by atoms with E-state index >= 15 is 0 Å². The van der Waals surface area contributed by atoms with E-state index in [1.807, 2.05) is 21.1 Å². The van der Waals surface area contributed by atoms with Crippen molar-refractivity contribution in [2.45, 2.75) is 213 Å². The molecule has 0 aromatic carbocycles. The summed E-state index contributed by atoms with van der Waals surface area (Å²) in [5.41, 5.74) is 0. The van der Waals surface area contributed by atoms with Crippen molar-refractivity contribution in [1.29, 1.82) is 0 Å². The van der Waals surface area contributed by atoms with E-state index in [2.05, 4.69) is 74.6 Å². The Morgan fingerprint density at radius 2 is 0.919 bits per heavy atom. The summed E-state index contributed by atoms with van der Waals surface area (Å²) in [7, 11) is 1.46. The van der Waals surface area contributed by atoms with Crippen molar-refractivity contribution in [3.8, 4) is 0 Å². The predicted molar refractivity (Wildman–Crippen MR) is 261 cm³/mol. The number of phosphoric ester groups is 1. The first-order valence-electron chi connectivity index (χ1n) is 25.0. The van der Waals surface area contributed by atoms with Gasteiger partial charge in [0.15, 0.2) is 6.10 Å². The molecular formula is C52H95NO8P+. The minimum Gasteiger partial charge on any atom is -0.462 e. The lowest BCUT2D eigenvalue weighted by Crippen LogP contribution is -2.37. The lowest BCUT2D eigenvalue weighted by atomic mass is 10.1. The Labute approximate surface area is 381 Å². The van der Waals surface area contributed by atoms with Crippen LogP contribution in [0.15, 0.2) is 60.8 Å². The van der Waals surface area contributed by atoms with Crippen LogP contribution in [0.5, 0.6) is 0 Å². The first-order chi connectivity index (χ1) is 30.0. The van der Waals surface area contributed by atoms with Gasteiger partial charge in [0.25, 0.3) is 0 Å². The normalized spacial score (nSPS) is 14.0. The Kier molecular flexibility index (Phi) is 42.3. The van der Waals surface area contributed by atoms with Crippen LogP contribution >= 0.6 is 7.82 Å². The fraction of sp³-hybridized carbons (Fsp3) is 0.769. The molecule has 2 atom stereocenters. The minimum atomic E-state index is -4.39. The predicted octanol–water partition coefficient (Wildman–Crippen LogP) is 14.8. The second-order valence-corrected chi connectivity index (χ2v) is 19.3. The van der Waals surface area contributed by atoms with Gasteiger partial charge >= 0.3 is 19.8 Å². The number of carbonyl (C=O) groups is 2. The number of ether oxygens (including phenoxy) is 2.